The number of piperazine rings is 1. The van der Waals surface area contributed by atoms with Crippen molar-refractivity contribution in [2.75, 3.05) is 20.2 Å². The highest BCUT2D eigenvalue weighted by atomic mass is 16.5. The van der Waals surface area contributed by atoms with E-state index in [2.05, 4.69) is 15.0 Å². The molecule has 1 aliphatic rings. The molecule has 0 aliphatic carbocycles. The molecule has 1 fully saturated rings. The number of benzene rings is 1. The lowest BCUT2D eigenvalue weighted by molar-refractivity contribution is -0.145. The number of rotatable bonds is 3. The first-order chi connectivity index (χ1) is 11.6. The van der Waals surface area contributed by atoms with Gasteiger partial charge in [-0.2, -0.15) is 0 Å². The van der Waals surface area contributed by atoms with E-state index in [0.717, 1.165) is 5.39 Å². The van der Waals surface area contributed by atoms with E-state index in [-0.39, 0.29) is 23.9 Å². The van der Waals surface area contributed by atoms with Crippen LogP contribution in [0.3, 0.4) is 0 Å². The number of carbonyl (C=O) groups excluding carboxylic acids is 3. The molecule has 1 aromatic carbocycles. The third-order valence-corrected chi connectivity index (χ3v) is 4.00. The largest absolute Gasteiger partial charge is 0.469 e. The smallest absolute Gasteiger partial charge is 0.308 e. The number of amides is 2. The van der Waals surface area contributed by atoms with Crippen molar-refractivity contribution < 1.29 is 19.1 Å². The molecule has 2 amide bonds. The summed E-state index contributed by atoms with van der Waals surface area (Å²) in [6.07, 6.45) is -0.179. The van der Waals surface area contributed by atoms with Crippen LogP contribution in [0.25, 0.3) is 10.9 Å². The third kappa shape index (κ3) is 3.05. The normalized spacial score (nSPS) is 17.5. The van der Waals surface area contributed by atoms with Gasteiger partial charge in [-0.3, -0.25) is 14.4 Å². The van der Waals surface area contributed by atoms with Crippen molar-refractivity contribution in [3.05, 3.63) is 42.1 Å². The number of ether oxygens (including phenoxy) is 1. The van der Waals surface area contributed by atoms with Crippen LogP contribution >= 0.6 is 0 Å². The van der Waals surface area contributed by atoms with Gasteiger partial charge in [0.25, 0.3) is 5.91 Å². The second kappa shape index (κ2) is 6.66. The minimum Gasteiger partial charge on any atom is -0.469 e. The molecule has 124 valence electrons. The molecule has 0 bridgehead atoms. The molecule has 1 unspecified atom stereocenters. The first-order valence-corrected chi connectivity index (χ1v) is 7.61. The molecule has 2 aromatic rings. The Morgan fingerprint density at radius 3 is 2.88 bits per heavy atom. The Hall–Kier alpha value is -2.96. The van der Waals surface area contributed by atoms with Crippen LogP contribution in [0, 0.1) is 0 Å². The van der Waals surface area contributed by atoms with Crippen molar-refractivity contribution in [3.63, 3.8) is 0 Å². The zero-order chi connectivity index (χ0) is 17.1. The highest BCUT2D eigenvalue weighted by molar-refractivity contribution is 5.99. The number of nitrogens with zero attached hydrogens (tertiary/aromatic N) is 2. The van der Waals surface area contributed by atoms with Gasteiger partial charge in [-0.1, -0.05) is 24.3 Å². The summed E-state index contributed by atoms with van der Waals surface area (Å²) >= 11 is 0. The molecule has 0 saturated carbocycles. The van der Waals surface area contributed by atoms with E-state index in [9.17, 15) is 14.4 Å². The van der Waals surface area contributed by atoms with E-state index in [0.29, 0.717) is 18.6 Å². The fourth-order valence-electron chi connectivity index (χ4n) is 2.73. The van der Waals surface area contributed by atoms with Gasteiger partial charge in [0.1, 0.15) is 11.7 Å². The van der Waals surface area contributed by atoms with Gasteiger partial charge in [0.05, 0.1) is 19.0 Å². The predicted octanol–water partition coefficient (Wildman–Crippen LogP) is 0.739. The van der Waals surface area contributed by atoms with Gasteiger partial charge in [-0.15, -0.1) is 0 Å². The number of aromatic nitrogens is 1. The van der Waals surface area contributed by atoms with Crippen molar-refractivity contribution in [3.8, 4) is 0 Å². The van der Waals surface area contributed by atoms with Crippen LogP contribution in [0.1, 0.15) is 16.9 Å². The quantitative estimate of drug-likeness (QED) is 0.840. The average molecular weight is 327 g/mol. The van der Waals surface area contributed by atoms with Gasteiger partial charge >= 0.3 is 5.97 Å². The fraction of sp³-hybridized carbons (Fsp3) is 0.294. The van der Waals surface area contributed by atoms with Gasteiger partial charge in [0.2, 0.25) is 5.91 Å². The van der Waals surface area contributed by atoms with Crippen molar-refractivity contribution in [2.24, 2.45) is 0 Å². The summed E-state index contributed by atoms with van der Waals surface area (Å²) in [5.41, 5.74) is 0.951. The van der Waals surface area contributed by atoms with E-state index in [1.807, 2.05) is 30.3 Å². The molecule has 1 saturated heterocycles. The van der Waals surface area contributed by atoms with Crippen LogP contribution in [0.15, 0.2) is 36.4 Å². The second-order valence-electron chi connectivity index (χ2n) is 5.47. The van der Waals surface area contributed by atoms with Crippen LogP contribution in [0.2, 0.25) is 0 Å². The molecule has 1 aromatic heterocycles. The number of nitrogens with one attached hydrogen (secondary N) is 1. The number of hydrogen-bond acceptors (Lipinski definition) is 5. The van der Waals surface area contributed by atoms with E-state index >= 15 is 0 Å². The zero-order valence-electron chi connectivity index (χ0n) is 13.2. The van der Waals surface area contributed by atoms with Gasteiger partial charge in [-0.05, 0) is 12.1 Å². The van der Waals surface area contributed by atoms with Crippen molar-refractivity contribution in [1.29, 1.82) is 0 Å². The Morgan fingerprint density at radius 1 is 1.29 bits per heavy atom. The van der Waals surface area contributed by atoms with E-state index < -0.39 is 12.0 Å². The van der Waals surface area contributed by atoms with Crippen LogP contribution in [0.5, 0.6) is 0 Å². The maximum atomic E-state index is 12.8. The van der Waals surface area contributed by atoms with Gasteiger partial charge < -0.3 is 15.0 Å². The average Bonchev–Trinajstić information content (AvgIpc) is 2.62. The van der Waals surface area contributed by atoms with Crippen LogP contribution in [-0.2, 0) is 14.3 Å². The highest BCUT2D eigenvalue weighted by Crippen LogP contribution is 2.17. The first-order valence-electron chi connectivity index (χ1n) is 7.61. The molecule has 1 atom stereocenters. The van der Waals surface area contributed by atoms with Gasteiger partial charge in [0.15, 0.2) is 0 Å². The summed E-state index contributed by atoms with van der Waals surface area (Å²) in [7, 11) is 1.25. The Bertz CT molecular complexity index is 805. The fourth-order valence-corrected chi connectivity index (χ4v) is 2.73. The summed E-state index contributed by atoms with van der Waals surface area (Å²) in [5, 5.41) is 3.59. The topological polar surface area (TPSA) is 88.6 Å². The minimum atomic E-state index is -0.882. The maximum Gasteiger partial charge on any atom is 0.308 e. The number of fused-ring (bicyclic) bond motifs is 1. The lowest BCUT2D eigenvalue weighted by atomic mass is 10.1. The molecule has 3 rings (SSSR count). The Labute approximate surface area is 138 Å². The van der Waals surface area contributed by atoms with Crippen LogP contribution in [0.4, 0.5) is 0 Å². The number of hydrogen-bond donors (Lipinski definition) is 1. The molecule has 1 N–H and O–H groups in total. The first kappa shape index (κ1) is 15.9. The van der Waals surface area contributed by atoms with E-state index in [1.54, 1.807) is 6.07 Å². The Balaban J connectivity index is 1.89. The lowest BCUT2D eigenvalue weighted by Gasteiger charge is -2.34. The number of pyridine rings is 1. The second-order valence-corrected chi connectivity index (χ2v) is 5.47. The molecule has 24 heavy (non-hydrogen) atoms. The molecule has 1 aliphatic heterocycles. The Kier molecular flexibility index (Phi) is 4.41. The summed E-state index contributed by atoms with van der Waals surface area (Å²) in [4.78, 5) is 42.2. The number of carbonyl (C=O) groups is 3. The SMILES string of the molecule is COC(=O)CC1C(=O)NCCN1C(=O)c1ccc2ccccc2n1. The van der Waals surface area contributed by atoms with Crippen molar-refractivity contribution >= 4 is 28.7 Å². The summed E-state index contributed by atoms with van der Waals surface area (Å²) in [5.74, 6) is -1.27. The van der Waals surface area contributed by atoms with E-state index in [4.69, 9.17) is 0 Å². The van der Waals surface area contributed by atoms with Crippen LogP contribution < -0.4 is 5.32 Å². The maximum absolute atomic E-state index is 12.8. The summed E-state index contributed by atoms with van der Waals surface area (Å²) < 4.78 is 4.62. The molecule has 7 heteroatoms. The molecular weight excluding hydrogens is 310 g/mol. The van der Waals surface area contributed by atoms with Crippen molar-refractivity contribution in [1.82, 2.24) is 15.2 Å². The van der Waals surface area contributed by atoms with Gasteiger partial charge in [0, 0.05) is 18.5 Å². The third-order valence-electron chi connectivity index (χ3n) is 4.00. The summed E-state index contributed by atoms with van der Waals surface area (Å²) in [6, 6.07) is 10.0. The van der Waals surface area contributed by atoms with Gasteiger partial charge in [-0.25, -0.2) is 4.98 Å². The zero-order valence-corrected chi connectivity index (χ0v) is 13.2. The number of para-hydroxylation sites is 1. The minimum absolute atomic E-state index is 0.179. The highest BCUT2D eigenvalue weighted by Gasteiger charge is 2.35. The van der Waals surface area contributed by atoms with E-state index in [1.165, 1.54) is 12.0 Å². The lowest BCUT2D eigenvalue weighted by Crippen LogP contribution is -2.58. The predicted molar refractivity (Wildman–Crippen MR) is 86.2 cm³/mol. The van der Waals surface area contributed by atoms with Crippen molar-refractivity contribution in [2.45, 2.75) is 12.5 Å². The Morgan fingerprint density at radius 2 is 2.08 bits per heavy atom. The summed E-state index contributed by atoms with van der Waals surface area (Å²) in [6.45, 7) is 0.663. The standard InChI is InChI=1S/C17H17N3O4/c1-24-15(21)10-14-16(22)18-8-9-20(14)17(23)13-7-6-11-4-2-3-5-12(11)19-13/h2-7,14H,8-10H2,1H3,(H,18,22). The molecular formula is C17H17N3O4. The number of methoxy groups -OCH3 is 1. The number of esters is 1. The molecule has 7 nitrogen and oxygen atoms in total. The monoisotopic (exact) mass is 327 g/mol. The molecule has 0 radical (unpaired) electrons. The van der Waals surface area contributed by atoms with Crippen LogP contribution in [-0.4, -0.2) is 53.9 Å². The molecule has 0 spiro atoms. The molecule has 2 heterocycles.